The van der Waals surface area contributed by atoms with E-state index in [1.54, 1.807) is 26.4 Å². The van der Waals surface area contributed by atoms with Crippen molar-refractivity contribution < 1.29 is 38.4 Å². The number of carbonyl (C=O) groups excluding carboxylic acids is 2. The molecule has 1 saturated heterocycles. The number of esters is 1. The fraction of sp³-hybridized carbons (Fsp3) is 0.833. The zero-order valence-electron chi connectivity index (χ0n) is 30.0. The Morgan fingerprint density at radius 3 is 2.20 bits per heavy atom. The first-order chi connectivity index (χ1) is 21.2. The molecule has 0 amide bonds. The molecule has 1 fully saturated rings. The quantitative estimate of drug-likeness (QED) is 0.254. The number of cyclic esters (lactones) is 1. The van der Waals surface area contributed by atoms with E-state index in [0.29, 0.717) is 25.2 Å². The van der Waals surface area contributed by atoms with Crippen molar-refractivity contribution in [3.63, 3.8) is 0 Å². The SMILES string of the molecule is CC[C@H]1OC(=O)C[C@@H](C)[C@H](C)[C@@H](O[C@@H]2O[C@H](C)[C@@H](C)[C@H](N(C)C)[C@H]2C)[C@@H](CC(OC)OC)C[C@@H](C)C(=O)/C=C/C(C)=C/[C@@H]1CO. The molecule has 1 N–H and O–H groups in total. The molecular formula is C36H63NO8. The zero-order valence-corrected chi connectivity index (χ0v) is 30.0. The molecular weight excluding hydrogens is 574 g/mol. The van der Waals surface area contributed by atoms with Gasteiger partial charge in [0.1, 0.15) is 6.10 Å². The van der Waals surface area contributed by atoms with Gasteiger partial charge in [-0.2, -0.15) is 0 Å². The smallest absolute Gasteiger partial charge is 0.306 e. The van der Waals surface area contributed by atoms with Gasteiger partial charge in [-0.05, 0) is 70.5 Å². The normalized spacial score (nSPS) is 39.8. The van der Waals surface area contributed by atoms with Crippen LogP contribution in [0.15, 0.2) is 23.8 Å². The van der Waals surface area contributed by atoms with Crippen molar-refractivity contribution in [1.29, 1.82) is 0 Å². The molecule has 2 rings (SSSR count). The molecule has 0 aromatic heterocycles. The van der Waals surface area contributed by atoms with Gasteiger partial charge in [0, 0.05) is 50.9 Å². The van der Waals surface area contributed by atoms with Crippen LogP contribution in [0.25, 0.3) is 0 Å². The second kappa shape index (κ2) is 18.6. The Balaban J connectivity index is 2.60. The molecule has 2 aliphatic heterocycles. The monoisotopic (exact) mass is 637 g/mol. The summed E-state index contributed by atoms with van der Waals surface area (Å²) in [4.78, 5) is 29.1. The van der Waals surface area contributed by atoms with Crippen LogP contribution in [-0.4, -0.2) is 93.6 Å². The Labute approximate surface area is 273 Å². The standard InChI is InChI=1S/C36H63NO8/c1-13-31-29(20-38)16-21(2)14-15-30(39)23(4)17-28(19-33(41-11)42-12)35(24(5)22(3)18-32(40)44-31)45-36-26(7)34(37(9)10)25(6)27(8)43-36/h14-16,22-29,31,33-36,38H,13,17-20H2,1-12H3/b15-14+,21-16+/t22-,23-,24+,25-,26-,27-,28-,29-,31-,34+,35-,36+/m1/s1. The van der Waals surface area contributed by atoms with Gasteiger partial charge in [-0.15, -0.1) is 0 Å². The van der Waals surface area contributed by atoms with Crippen LogP contribution in [-0.2, 0) is 33.3 Å². The predicted molar refractivity (Wildman–Crippen MR) is 176 cm³/mol. The maximum absolute atomic E-state index is 13.5. The van der Waals surface area contributed by atoms with E-state index in [4.69, 9.17) is 23.7 Å². The number of hydrogen-bond acceptors (Lipinski definition) is 9. The van der Waals surface area contributed by atoms with Crippen molar-refractivity contribution in [3.05, 3.63) is 23.8 Å². The van der Waals surface area contributed by atoms with Gasteiger partial charge in [-0.25, -0.2) is 0 Å². The third-order valence-electron chi connectivity index (χ3n) is 10.4. The summed E-state index contributed by atoms with van der Waals surface area (Å²) >= 11 is 0. The van der Waals surface area contributed by atoms with Crippen molar-refractivity contribution in [2.45, 2.75) is 118 Å². The van der Waals surface area contributed by atoms with Gasteiger partial charge >= 0.3 is 5.97 Å². The minimum absolute atomic E-state index is 0.0102. The molecule has 0 aromatic rings. The summed E-state index contributed by atoms with van der Waals surface area (Å²) in [6, 6.07) is 0.254. The number of rotatable bonds is 9. The highest BCUT2D eigenvalue weighted by molar-refractivity contribution is 5.91. The minimum Gasteiger partial charge on any atom is -0.462 e. The van der Waals surface area contributed by atoms with Crippen LogP contribution in [0.2, 0.25) is 0 Å². The van der Waals surface area contributed by atoms with Crippen LogP contribution in [0.1, 0.15) is 81.1 Å². The van der Waals surface area contributed by atoms with Gasteiger partial charge in [-0.3, -0.25) is 9.59 Å². The van der Waals surface area contributed by atoms with Gasteiger partial charge in [-0.1, -0.05) is 59.3 Å². The van der Waals surface area contributed by atoms with Gasteiger partial charge in [0.2, 0.25) is 0 Å². The van der Waals surface area contributed by atoms with Crippen molar-refractivity contribution >= 4 is 11.8 Å². The number of ketones is 1. The van der Waals surface area contributed by atoms with Crippen LogP contribution in [0.3, 0.4) is 0 Å². The molecule has 0 saturated carbocycles. The van der Waals surface area contributed by atoms with Crippen LogP contribution in [0.5, 0.6) is 0 Å². The molecule has 260 valence electrons. The highest BCUT2D eigenvalue weighted by Gasteiger charge is 2.45. The topological polar surface area (TPSA) is 104 Å². The van der Waals surface area contributed by atoms with E-state index < -0.39 is 18.7 Å². The number of aliphatic hydroxyl groups is 1. The number of aliphatic hydroxyl groups excluding tert-OH is 1. The molecule has 45 heavy (non-hydrogen) atoms. The van der Waals surface area contributed by atoms with E-state index in [1.807, 2.05) is 26.8 Å². The first-order valence-corrected chi connectivity index (χ1v) is 16.9. The summed E-state index contributed by atoms with van der Waals surface area (Å²) in [5, 5.41) is 10.1. The Morgan fingerprint density at radius 2 is 1.64 bits per heavy atom. The molecule has 2 heterocycles. The average molecular weight is 638 g/mol. The predicted octanol–water partition coefficient (Wildman–Crippen LogP) is 5.65. The molecule has 9 nitrogen and oxygen atoms in total. The first-order valence-electron chi connectivity index (χ1n) is 16.9. The zero-order chi connectivity index (χ0) is 34.0. The highest BCUT2D eigenvalue weighted by Crippen LogP contribution is 2.39. The van der Waals surface area contributed by atoms with Crippen molar-refractivity contribution in [2.75, 3.05) is 34.9 Å². The summed E-state index contributed by atoms with van der Waals surface area (Å²) in [6.07, 6.45) is 5.30. The van der Waals surface area contributed by atoms with Crippen LogP contribution in [0.4, 0.5) is 0 Å². The summed E-state index contributed by atoms with van der Waals surface area (Å²) in [7, 11) is 7.44. The third kappa shape index (κ3) is 11.0. The number of allylic oxidation sites excluding steroid dienone is 3. The van der Waals surface area contributed by atoms with E-state index in [1.165, 1.54) is 0 Å². The second-order valence-corrected chi connectivity index (χ2v) is 14.0. The molecule has 0 spiro atoms. The Hall–Kier alpha value is -1.62. The second-order valence-electron chi connectivity index (χ2n) is 14.0. The lowest BCUT2D eigenvalue weighted by Gasteiger charge is -2.48. The Bertz CT molecular complexity index is 978. The lowest BCUT2D eigenvalue weighted by Crippen LogP contribution is -2.56. The largest absolute Gasteiger partial charge is 0.462 e. The van der Waals surface area contributed by atoms with Crippen LogP contribution >= 0.6 is 0 Å². The lowest BCUT2D eigenvalue weighted by atomic mass is 9.76. The van der Waals surface area contributed by atoms with E-state index in [2.05, 4.69) is 53.6 Å². The average Bonchev–Trinajstić information content (AvgIpc) is 2.99. The summed E-state index contributed by atoms with van der Waals surface area (Å²) in [5.41, 5.74) is 0.831. The van der Waals surface area contributed by atoms with Gasteiger partial charge in [0.05, 0.1) is 18.8 Å². The molecule has 2 aliphatic rings. The van der Waals surface area contributed by atoms with Crippen LogP contribution in [0, 0.1) is 41.4 Å². The Kier molecular flexibility index (Phi) is 16.4. The number of ether oxygens (including phenoxy) is 5. The number of methoxy groups -OCH3 is 2. The fourth-order valence-corrected chi connectivity index (χ4v) is 7.27. The van der Waals surface area contributed by atoms with Gasteiger partial charge in [0.15, 0.2) is 18.4 Å². The van der Waals surface area contributed by atoms with Crippen molar-refractivity contribution in [3.8, 4) is 0 Å². The molecule has 12 atom stereocenters. The minimum atomic E-state index is -0.485. The molecule has 9 heteroatoms. The van der Waals surface area contributed by atoms with E-state index in [0.717, 1.165) is 5.57 Å². The third-order valence-corrected chi connectivity index (χ3v) is 10.4. The van der Waals surface area contributed by atoms with E-state index in [-0.39, 0.29) is 78.5 Å². The summed E-state index contributed by atoms with van der Waals surface area (Å²) in [5.74, 6) is -0.874. The van der Waals surface area contributed by atoms with E-state index in [9.17, 15) is 14.7 Å². The molecule has 0 aromatic carbocycles. The van der Waals surface area contributed by atoms with Gasteiger partial charge in [0.25, 0.3) is 0 Å². The summed E-state index contributed by atoms with van der Waals surface area (Å²) in [6.45, 7) is 16.3. The molecule has 0 radical (unpaired) electrons. The lowest BCUT2D eigenvalue weighted by molar-refractivity contribution is -0.278. The maximum Gasteiger partial charge on any atom is 0.306 e. The van der Waals surface area contributed by atoms with Gasteiger partial charge < -0.3 is 33.7 Å². The summed E-state index contributed by atoms with van der Waals surface area (Å²) < 4.78 is 30.9. The number of nitrogens with zero attached hydrogens (tertiary/aromatic N) is 1. The highest BCUT2D eigenvalue weighted by atomic mass is 16.7. The van der Waals surface area contributed by atoms with Crippen LogP contribution < -0.4 is 0 Å². The first kappa shape index (κ1) is 39.6. The van der Waals surface area contributed by atoms with E-state index >= 15 is 0 Å². The van der Waals surface area contributed by atoms with Crippen molar-refractivity contribution in [2.24, 2.45) is 41.4 Å². The maximum atomic E-state index is 13.5. The number of carbonyl (C=O) groups is 2. The Morgan fingerprint density at radius 1 is 1.00 bits per heavy atom. The fourth-order valence-electron chi connectivity index (χ4n) is 7.27. The van der Waals surface area contributed by atoms with Crippen molar-refractivity contribution in [1.82, 2.24) is 4.90 Å². The molecule has 0 aliphatic carbocycles. The number of hydrogen-bond donors (Lipinski definition) is 1. The molecule has 0 unspecified atom stereocenters. The molecule has 0 bridgehead atoms.